The van der Waals surface area contributed by atoms with Crippen LogP contribution in [0.2, 0.25) is 0 Å². The lowest BCUT2D eigenvalue weighted by Gasteiger charge is -2.17. The van der Waals surface area contributed by atoms with E-state index in [9.17, 15) is 9.90 Å². The first-order chi connectivity index (χ1) is 8.49. The maximum absolute atomic E-state index is 11.8. The van der Waals surface area contributed by atoms with Crippen molar-refractivity contribution in [3.05, 3.63) is 28.2 Å². The normalized spacial score (nSPS) is 21.2. The Balaban J connectivity index is 2.21. The first kappa shape index (κ1) is 13.4. The Morgan fingerprint density at radius 2 is 2.28 bits per heavy atom. The summed E-state index contributed by atoms with van der Waals surface area (Å²) in [5.74, 6) is 0.566. The van der Waals surface area contributed by atoms with Crippen molar-refractivity contribution in [1.29, 1.82) is 0 Å². The van der Waals surface area contributed by atoms with Crippen LogP contribution in [0.15, 0.2) is 22.7 Å². The van der Waals surface area contributed by atoms with Crippen molar-refractivity contribution in [2.75, 3.05) is 13.6 Å². The van der Waals surface area contributed by atoms with Crippen molar-refractivity contribution in [2.24, 2.45) is 0 Å². The molecule has 1 saturated heterocycles. The van der Waals surface area contributed by atoms with Gasteiger partial charge in [0.1, 0.15) is 5.75 Å². The molecule has 1 aliphatic rings. The van der Waals surface area contributed by atoms with Crippen LogP contribution in [0, 0.1) is 0 Å². The highest BCUT2D eigenvalue weighted by Crippen LogP contribution is 2.30. The second-order valence-corrected chi connectivity index (χ2v) is 5.43. The molecular formula is C13H16BrNO3. The molecule has 0 radical (unpaired) electrons. The van der Waals surface area contributed by atoms with E-state index in [1.807, 2.05) is 12.1 Å². The van der Waals surface area contributed by atoms with Gasteiger partial charge in [0, 0.05) is 30.0 Å². The number of hydrogen-bond acceptors (Lipinski definition) is 3. The van der Waals surface area contributed by atoms with E-state index in [0.717, 1.165) is 4.47 Å². The van der Waals surface area contributed by atoms with Crippen LogP contribution in [-0.2, 0) is 4.79 Å². The fraction of sp³-hybridized carbons (Fsp3) is 0.462. The fourth-order valence-corrected chi connectivity index (χ4v) is 2.38. The topological polar surface area (TPSA) is 49.8 Å². The molecule has 1 aromatic rings. The molecule has 0 bridgehead atoms. The predicted molar refractivity (Wildman–Crippen MR) is 71.4 cm³/mol. The molecule has 5 heteroatoms. The smallest absolute Gasteiger partial charge is 0.263 e. The number of nitrogens with zero attached hydrogens (tertiary/aromatic N) is 1. The molecular weight excluding hydrogens is 298 g/mol. The largest absolute Gasteiger partial charge is 0.480 e. The molecule has 0 saturated carbocycles. The summed E-state index contributed by atoms with van der Waals surface area (Å²) in [6.07, 6.45) is -0.384. The van der Waals surface area contributed by atoms with Crippen molar-refractivity contribution in [1.82, 2.24) is 4.90 Å². The Morgan fingerprint density at radius 3 is 2.83 bits per heavy atom. The highest BCUT2D eigenvalue weighted by molar-refractivity contribution is 9.10. The number of hydrogen-bond donors (Lipinski definition) is 1. The van der Waals surface area contributed by atoms with Crippen molar-refractivity contribution in [3.63, 3.8) is 0 Å². The Kier molecular flexibility index (Phi) is 3.92. The number of amides is 1. The Bertz CT molecular complexity index is 462. The van der Waals surface area contributed by atoms with Gasteiger partial charge in [-0.1, -0.05) is 15.9 Å². The van der Waals surface area contributed by atoms with E-state index in [0.29, 0.717) is 24.3 Å². The number of aliphatic hydroxyl groups excluding tert-OH is 1. The van der Waals surface area contributed by atoms with Crippen molar-refractivity contribution < 1.29 is 14.6 Å². The third-order valence-electron chi connectivity index (χ3n) is 3.07. The molecule has 2 atom stereocenters. The van der Waals surface area contributed by atoms with Crippen LogP contribution in [0.1, 0.15) is 25.0 Å². The number of aliphatic hydroxyl groups is 1. The molecule has 0 aliphatic carbocycles. The number of halogens is 1. The number of likely N-dealkylation sites (tertiary alicyclic amines) is 1. The van der Waals surface area contributed by atoms with E-state index in [1.165, 1.54) is 0 Å². The maximum atomic E-state index is 11.8. The summed E-state index contributed by atoms with van der Waals surface area (Å²) < 4.78 is 6.61. The van der Waals surface area contributed by atoms with Crippen LogP contribution >= 0.6 is 15.9 Å². The minimum atomic E-state index is -0.633. The first-order valence-electron chi connectivity index (χ1n) is 5.88. The van der Waals surface area contributed by atoms with Gasteiger partial charge in [-0.25, -0.2) is 0 Å². The van der Waals surface area contributed by atoms with Gasteiger partial charge in [0.15, 0.2) is 6.10 Å². The maximum Gasteiger partial charge on any atom is 0.263 e. The number of likely N-dealkylation sites (N-methyl/N-ethyl adjacent to an activating group) is 1. The van der Waals surface area contributed by atoms with E-state index in [-0.39, 0.29) is 5.91 Å². The lowest BCUT2D eigenvalue weighted by Crippen LogP contribution is -2.29. The van der Waals surface area contributed by atoms with Gasteiger partial charge in [-0.2, -0.15) is 0 Å². The zero-order valence-electron chi connectivity index (χ0n) is 10.4. The van der Waals surface area contributed by atoms with Crippen molar-refractivity contribution >= 4 is 21.8 Å². The number of carbonyl (C=O) groups excluding carboxylic acids is 1. The van der Waals surface area contributed by atoms with E-state index in [4.69, 9.17) is 4.74 Å². The predicted octanol–water partition coefficient (Wildman–Crippen LogP) is 2.11. The minimum absolute atomic E-state index is 0.00513. The Labute approximate surface area is 115 Å². The van der Waals surface area contributed by atoms with Crippen molar-refractivity contribution in [3.8, 4) is 5.75 Å². The molecule has 18 heavy (non-hydrogen) atoms. The molecule has 98 valence electrons. The van der Waals surface area contributed by atoms with Gasteiger partial charge in [0.25, 0.3) is 5.91 Å². The molecule has 1 aliphatic heterocycles. The monoisotopic (exact) mass is 313 g/mol. The summed E-state index contributed by atoms with van der Waals surface area (Å²) in [5, 5.41) is 9.72. The van der Waals surface area contributed by atoms with E-state index in [2.05, 4.69) is 15.9 Å². The quantitative estimate of drug-likeness (QED) is 0.930. The fourth-order valence-electron chi connectivity index (χ4n) is 2.01. The second-order valence-electron chi connectivity index (χ2n) is 4.51. The van der Waals surface area contributed by atoms with Gasteiger partial charge in [0.2, 0.25) is 0 Å². The summed E-state index contributed by atoms with van der Waals surface area (Å²) in [6, 6.07) is 5.42. The Morgan fingerprint density at radius 1 is 1.56 bits per heavy atom. The molecule has 1 aromatic carbocycles. The molecule has 0 aromatic heterocycles. The SMILES string of the molecule is CC(O)c1cc(Br)ccc1OC1CCN(C)C1=O. The second kappa shape index (κ2) is 5.28. The van der Waals surface area contributed by atoms with Crippen LogP contribution in [0.5, 0.6) is 5.75 Å². The third kappa shape index (κ3) is 2.67. The summed E-state index contributed by atoms with van der Waals surface area (Å²) >= 11 is 3.36. The number of benzene rings is 1. The van der Waals surface area contributed by atoms with Gasteiger partial charge < -0.3 is 14.7 Å². The van der Waals surface area contributed by atoms with Gasteiger partial charge in [0.05, 0.1) is 6.10 Å². The summed E-state index contributed by atoms with van der Waals surface area (Å²) in [4.78, 5) is 13.4. The van der Waals surface area contributed by atoms with Crippen molar-refractivity contribution in [2.45, 2.75) is 25.6 Å². The van der Waals surface area contributed by atoms with Gasteiger partial charge in [-0.15, -0.1) is 0 Å². The van der Waals surface area contributed by atoms with Crippen LogP contribution in [0.3, 0.4) is 0 Å². The van der Waals surface area contributed by atoms with Crippen LogP contribution in [0.4, 0.5) is 0 Å². The number of ether oxygens (including phenoxy) is 1. The molecule has 4 nitrogen and oxygen atoms in total. The third-order valence-corrected chi connectivity index (χ3v) is 3.56. The first-order valence-corrected chi connectivity index (χ1v) is 6.67. The number of rotatable bonds is 3. The standard InChI is InChI=1S/C13H16BrNO3/c1-8(16)10-7-9(14)3-4-11(10)18-12-5-6-15(2)13(12)17/h3-4,7-8,12,16H,5-6H2,1-2H3. The van der Waals surface area contributed by atoms with E-state index in [1.54, 1.807) is 24.9 Å². The van der Waals surface area contributed by atoms with Gasteiger partial charge in [-0.05, 0) is 25.1 Å². The molecule has 1 N–H and O–H groups in total. The molecule has 0 spiro atoms. The van der Waals surface area contributed by atoms with Gasteiger partial charge >= 0.3 is 0 Å². The lowest BCUT2D eigenvalue weighted by molar-refractivity contribution is -0.132. The summed E-state index contributed by atoms with van der Waals surface area (Å²) in [5.41, 5.74) is 0.687. The zero-order valence-corrected chi connectivity index (χ0v) is 12.0. The van der Waals surface area contributed by atoms with E-state index >= 15 is 0 Å². The molecule has 1 heterocycles. The zero-order chi connectivity index (χ0) is 13.3. The summed E-state index contributed by atoms with van der Waals surface area (Å²) in [7, 11) is 1.77. The molecule has 1 amide bonds. The Hall–Kier alpha value is -1.07. The number of carbonyl (C=O) groups is 1. The van der Waals surface area contributed by atoms with E-state index < -0.39 is 12.2 Å². The van der Waals surface area contributed by atoms with Crippen LogP contribution < -0.4 is 4.74 Å². The lowest BCUT2D eigenvalue weighted by atomic mass is 10.1. The molecule has 2 unspecified atom stereocenters. The molecule has 2 rings (SSSR count). The molecule has 1 fully saturated rings. The summed E-state index contributed by atoms with van der Waals surface area (Å²) in [6.45, 7) is 2.39. The van der Waals surface area contributed by atoms with Gasteiger partial charge in [-0.3, -0.25) is 4.79 Å². The minimum Gasteiger partial charge on any atom is -0.480 e. The highest BCUT2D eigenvalue weighted by atomic mass is 79.9. The van der Waals surface area contributed by atoms with Crippen LogP contribution in [0.25, 0.3) is 0 Å². The average Bonchev–Trinajstić information content (AvgIpc) is 2.63. The highest BCUT2D eigenvalue weighted by Gasteiger charge is 2.31. The van der Waals surface area contributed by atoms with Crippen LogP contribution in [-0.4, -0.2) is 35.6 Å². The average molecular weight is 314 g/mol.